The molecule has 2 aromatic rings. The second kappa shape index (κ2) is 34.1. The van der Waals surface area contributed by atoms with Crippen molar-refractivity contribution >= 4 is 37.1 Å². The number of aromatic hydroxyl groups is 2. The summed E-state index contributed by atoms with van der Waals surface area (Å²) < 4.78 is 52.3. The van der Waals surface area contributed by atoms with Gasteiger partial charge in [-0.2, -0.15) is 0 Å². The quantitative estimate of drug-likeness (QED) is 0.00922. The summed E-state index contributed by atoms with van der Waals surface area (Å²) in [6.45, 7) is 2.88. The summed E-state index contributed by atoms with van der Waals surface area (Å²) in [5.41, 5.74) is -3.84. The molecule has 1 heterocycles. The van der Waals surface area contributed by atoms with Crippen LogP contribution in [0.15, 0.2) is 18.2 Å². The zero-order chi connectivity index (χ0) is 60.7. The fourth-order valence-electron chi connectivity index (χ4n) is 11.0. The third kappa shape index (κ3) is 21.2. The number of unbranched alkanes of at least 4 members (excludes halogenated alkanes) is 18. The average Bonchev–Trinajstić information content (AvgIpc) is 1.54. The highest BCUT2D eigenvalue weighted by molar-refractivity contribution is 7.47. The molecule has 0 aromatic heterocycles. The minimum absolute atomic E-state index is 0.0424. The van der Waals surface area contributed by atoms with Crippen molar-refractivity contribution in [3.05, 3.63) is 51.6 Å². The number of carbonyl (C=O) groups is 5. The maximum absolute atomic E-state index is 14.1. The molecular weight excluding hydrogens is 1100 g/mol. The smallest absolute Gasteiger partial charge is 0.472 e. The first-order valence-electron chi connectivity index (χ1n) is 30.3. The van der Waals surface area contributed by atoms with Crippen LogP contribution in [0, 0.1) is 0 Å². The lowest BCUT2D eigenvalue weighted by atomic mass is 9.72. The number of benzene rings is 2. The fourth-order valence-corrected chi connectivity index (χ4v) is 11.8. The van der Waals surface area contributed by atoms with Gasteiger partial charge in [0.15, 0.2) is 24.0 Å². The number of phosphoric ester groups is 1. The Morgan fingerprint density at radius 3 is 1.96 bits per heavy atom. The van der Waals surface area contributed by atoms with E-state index in [1.807, 2.05) is 21.1 Å². The van der Waals surface area contributed by atoms with E-state index in [-0.39, 0.29) is 60.5 Å². The summed E-state index contributed by atoms with van der Waals surface area (Å²) in [5.74, 6) is -4.93. The van der Waals surface area contributed by atoms with E-state index in [1.54, 1.807) is 6.92 Å². The minimum atomic E-state index is -4.50. The van der Waals surface area contributed by atoms with Gasteiger partial charge in [0.1, 0.15) is 49.2 Å². The Labute approximate surface area is 490 Å². The maximum atomic E-state index is 14.1. The SMILES string of the molecule is CCCCCCCCCCCCCCCCC(=O)OC[C@H](COP(=O)(O)OCC[N+](C)(C)C)OC(=O)CCCCCCCCN[C@H]1CC(O[C@H]2C[C@](O)(C(=O)CO)Cc3c(O)c4c(c(O)c32)C(=O)c2c(OC)cccc2C4=O)O[C@@H](C)[C@H]1O. The minimum Gasteiger partial charge on any atom is -0.507 e. The Hall–Kier alpha value is -4.38. The van der Waals surface area contributed by atoms with Gasteiger partial charge < -0.3 is 63.9 Å². The zero-order valence-electron chi connectivity index (χ0n) is 50.0. The highest BCUT2D eigenvalue weighted by atomic mass is 31.2. The van der Waals surface area contributed by atoms with Crippen LogP contribution >= 0.6 is 7.82 Å². The van der Waals surface area contributed by atoms with Crippen LogP contribution in [-0.4, -0.2) is 168 Å². The number of methoxy groups -OCH3 is 1. The van der Waals surface area contributed by atoms with Crippen LogP contribution < -0.4 is 10.1 Å². The average molecular weight is 1190 g/mol. The molecule has 1 saturated heterocycles. The lowest BCUT2D eigenvalue weighted by Crippen LogP contribution is -2.54. The van der Waals surface area contributed by atoms with Crippen LogP contribution in [0.5, 0.6) is 17.2 Å². The van der Waals surface area contributed by atoms with Crippen molar-refractivity contribution in [1.82, 2.24) is 5.32 Å². The number of ketones is 3. The van der Waals surface area contributed by atoms with E-state index in [1.165, 1.54) is 89.5 Å². The third-order valence-electron chi connectivity index (χ3n) is 15.9. The van der Waals surface area contributed by atoms with E-state index in [2.05, 4.69) is 12.2 Å². The summed E-state index contributed by atoms with van der Waals surface area (Å²) in [6.07, 6.45) is 14.9. The van der Waals surface area contributed by atoms with E-state index in [0.29, 0.717) is 36.8 Å². The van der Waals surface area contributed by atoms with Gasteiger partial charge in [0, 0.05) is 54.8 Å². The van der Waals surface area contributed by atoms with Crippen molar-refractivity contribution in [1.29, 1.82) is 0 Å². The number of hydrogen-bond acceptors (Lipinski definition) is 19. The number of nitrogens with zero attached hydrogens (tertiary/aromatic N) is 1. The molecule has 21 nitrogen and oxygen atoms in total. The van der Waals surface area contributed by atoms with Gasteiger partial charge >= 0.3 is 19.8 Å². The van der Waals surface area contributed by atoms with Crippen molar-refractivity contribution in [3.8, 4) is 17.2 Å². The van der Waals surface area contributed by atoms with E-state index < -0.39 is 128 Å². The molecule has 7 N–H and O–H groups in total. The molecule has 1 fully saturated rings. The Morgan fingerprint density at radius 1 is 0.795 bits per heavy atom. The molecular formula is C61H96N2O19P+. The highest BCUT2D eigenvalue weighted by Crippen LogP contribution is 2.53. The molecule has 468 valence electrons. The molecule has 0 amide bonds. The van der Waals surface area contributed by atoms with E-state index in [4.69, 9.17) is 32.7 Å². The molecule has 5 rings (SSSR count). The number of phenolic OH excluding ortho intramolecular Hbond substituents is 2. The van der Waals surface area contributed by atoms with Gasteiger partial charge in [-0.3, -0.25) is 33.0 Å². The number of quaternary nitrogens is 1. The normalized spacial score (nSPS) is 21.6. The number of fused-ring (bicyclic) bond motifs is 3. The van der Waals surface area contributed by atoms with E-state index >= 15 is 0 Å². The molecule has 2 aromatic carbocycles. The van der Waals surface area contributed by atoms with Gasteiger partial charge in [0.25, 0.3) is 0 Å². The molecule has 22 heteroatoms. The van der Waals surface area contributed by atoms with Gasteiger partial charge in [0.2, 0.25) is 5.78 Å². The number of Topliss-reactive ketones (excluding diaryl/α,β-unsaturated/α-hetero) is 1. The standard InChI is InChI=1S/C61H95N2O19P/c1-7-8-9-10-11-12-13-14-15-16-17-18-21-24-30-49(66)77-39-42(40-79-83(74,75)78-34-33-63(3,4)5)81-50(67)31-25-22-19-20-23-26-32-62-45-35-51(80-41(2)56(45)68)82-47-37-61(73,48(65)38-64)36-44-53(47)60(72)55-54(58(44)70)57(69)43-28-27-29-46(76-6)52(43)59(55)71/h27-29,41-42,45,47,51,56,62,64,68,73H,7-26,30-40H2,1-6H3,(H2-,69,70,71,72,74,75)/p+1/t41-,42+,45-,47-,51?,56+,61-/m0/s1. The third-order valence-corrected chi connectivity index (χ3v) is 16.9. The molecule has 8 atom stereocenters. The molecule has 0 saturated carbocycles. The number of carbonyl (C=O) groups excluding carboxylic acids is 5. The number of phosphoric acid groups is 1. The van der Waals surface area contributed by atoms with Gasteiger partial charge in [-0.15, -0.1) is 0 Å². The predicted molar refractivity (Wildman–Crippen MR) is 308 cm³/mol. The zero-order valence-corrected chi connectivity index (χ0v) is 50.9. The summed E-state index contributed by atoms with van der Waals surface area (Å²) in [6, 6.07) is 3.81. The lowest BCUT2D eigenvalue weighted by molar-refractivity contribution is -0.870. The Kier molecular flexibility index (Phi) is 28.5. The van der Waals surface area contributed by atoms with Crippen molar-refractivity contribution < 1.29 is 96.2 Å². The first kappa shape index (κ1) is 69.4. The summed E-state index contributed by atoms with van der Waals surface area (Å²) in [4.78, 5) is 77.0. The molecule has 2 aliphatic carbocycles. The number of rotatable bonds is 40. The van der Waals surface area contributed by atoms with Gasteiger partial charge in [-0.25, -0.2) is 4.57 Å². The number of aliphatic hydroxyl groups is 3. The number of likely N-dealkylation sites (N-methyl/N-ethyl adjacent to an activating group) is 1. The van der Waals surface area contributed by atoms with Gasteiger partial charge in [0.05, 0.1) is 69.9 Å². The molecule has 0 radical (unpaired) electrons. The Bertz CT molecular complexity index is 2480. The summed E-state index contributed by atoms with van der Waals surface area (Å²) >= 11 is 0. The van der Waals surface area contributed by atoms with Crippen molar-refractivity contribution in [2.75, 3.05) is 67.8 Å². The second-order valence-electron chi connectivity index (χ2n) is 23.7. The van der Waals surface area contributed by atoms with Crippen LogP contribution in [-0.2, 0) is 53.4 Å². The molecule has 0 spiro atoms. The first-order chi connectivity index (χ1) is 39.5. The monoisotopic (exact) mass is 1190 g/mol. The fraction of sp³-hybridized carbons (Fsp3) is 0.721. The maximum Gasteiger partial charge on any atom is 0.472 e. The Balaban J connectivity index is 1.05. The molecule has 3 aliphatic rings. The van der Waals surface area contributed by atoms with Crippen molar-refractivity contribution in [2.24, 2.45) is 0 Å². The molecule has 83 heavy (non-hydrogen) atoms. The number of aliphatic hydroxyl groups excluding tert-OH is 2. The van der Waals surface area contributed by atoms with Crippen molar-refractivity contribution in [3.63, 3.8) is 0 Å². The highest BCUT2D eigenvalue weighted by Gasteiger charge is 2.50. The van der Waals surface area contributed by atoms with Crippen LogP contribution in [0.4, 0.5) is 0 Å². The van der Waals surface area contributed by atoms with Crippen LogP contribution in [0.2, 0.25) is 0 Å². The van der Waals surface area contributed by atoms with E-state index in [9.17, 15) is 59.0 Å². The number of hydrogen-bond donors (Lipinski definition) is 7. The number of ether oxygens (including phenoxy) is 5. The van der Waals surface area contributed by atoms with Crippen molar-refractivity contribution in [2.45, 2.75) is 217 Å². The lowest BCUT2D eigenvalue weighted by Gasteiger charge is -2.43. The van der Waals surface area contributed by atoms with E-state index in [0.717, 1.165) is 44.9 Å². The topological polar surface area (TPSA) is 300 Å². The van der Waals surface area contributed by atoms with Gasteiger partial charge in [-0.1, -0.05) is 128 Å². The second-order valence-corrected chi connectivity index (χ2v) is 25.1. The first-order valence-corrected chi connectivity index (χ1v) is 31.8. The Morgan fingerprint density at radius 2 is 1.37 bits per heavy atom. The summed E-state index contributed by atoms with van der Waals surface area (Å²) in [7, 11) is 2.55. The summed E-state index contributed by atoms with van der Waals surface area (Å²) in [5, 5.41) is 59.7. The number of nitrogens with one attached hydrogen (secondary N) is 1. The van der Waals surface area contributed by atoms with Gasteiger partial charge in [-0.05, 0) is 38.8 Å². The molecule has 2 unspecified atom stereocenters. The number of esters is 2. The van der Waals surface area contributed by atoms with Crippen LogP contribution in [0.25, 0.3) is 0 Å². The van der Waals surface area contributed by atoms with Crippen LogP contribution in [0.1, 0.15) is 217 Å². The predicted octanol–water partition coefficient (Wildman–Crippen LogP) is 8.53. The van der Waals surface area contributed by atoms with Crippen LogP contribution in [0.3, 0.4) is 0 Å². The largest absolute Gasteiger partial charge is 0.507 e. The molecule has 1 aliphatic heterocycles. The molecule has 0 bridgehead atoms. The number of phenols is 2.